The van der Waals surface area contributed by atoms with E-state index in [4.69, 9.17) is 15.2 Å². The average molecular weight is 201 g/mol. The quantitative estimate of drug-likeness (QED) is 0.507. The third-order valence-electron chi connectivity index (χ3n) is 2.53. The van der Waals surface area contributed by atoms with Crippen LogP contribution in [0.1, 0.15) is 26.7 Å². The summed E-state index contributed by atoms with van der Waals surface area (Å²) in [5, 5.41) is 0. The van der Waals surface area contributed by atoms with E-state index in [1.165, 1.54) is 0 Å². The summed E-state index contributed by atoms with van der Waals surface area (Å²) in [4.78, 5) is 11.5. The highest BCUT2D eigenvalue weighted by Gasteiger charge is 2.45. The molecule has 1 unspecified atom stereocenters. The van der Waals surface area contributed by atoms with Gasteiger partial charge in [0.05, 0.1) is 6.61 Å². The van der Waals surface area contributed by atoms with Crippen LogP contribution in [0.2, 0.25) is 0 Å². The zero-order valence-corrected chi connectivity index (χ0v) is 8.91. The molecule has 0 radical (unpaired) electrons. The van der Waals surface area contributed by atoms with Gasteiger partial charge in [0.1, 0.15) is 12.1 Å². The molecule has 0 aromatic rings. The molecule has 14 heavy (non-hydrogen) atoms. The molecule has 82 valence electrons. The van der Waals surface area contributed by atoms with Gasteiger partial charge in [-0.3, -0.25) is 4.79 Å². The lowest BCUT2D eigenvalue weighted by atomic mass is 9.98. The summed E-state index contributed by atoms with van der Waals surface area (Å²) >= 11 is 0. The van der Waals surface area contributed by atoms with Crippen LogP contribution >= 0.6 is 0 Å². The molecule has 0 spiro atoms. The number of hydrogen-bond acceptors (Lipinski definition) is 4. The Balaban J connectivity index is 2.20. The van der Waals surface area contributed by atoms with Crippen LogP contribution in [0.5, 0.6) is 0 Å². The maximum Gasteiger partial charge on any atom is 0.326 e. The zero-order chi connectivity index (χ0) is 10.6. The molecule has 0 saturated heterocycles. The monoisotopic (exact) mass is 201 g/mol. The van der Waals surface area contributed by atoms with Gasteiger partial charge in [0.25, 0.3) is 0 Å². The lowest BCUT2D eigenvalue weighted by Gasteiger charge is -2.21. The number of nitrogens with two attached hydrogens (primary N) is 1. The van der Waals surface area contributed by atoms with Crippen LogP contribution in [0.4, 0.5) is 0 Å². The van der Waals surface area contributed by atoms with Gasteiger partial charge < -0.3 is 15.2 Å². The molecule has 1 fully saturated rings. The molecule has 4 heteroatoms. The second-order valence-corrected chi connectivity index (χ2v) is 3.89. The van der Waals surface area contributed by atoms with Gasteiger partial charge in [0.2, 0.25) is 0 Å². The van der Waals surface area contributed by atoms with E-state index >= 15 is 0 Å². The normalized spacial score (nSPS) is 20.2. The fourth-order valence-electron chi connectivity index (χ4n) is 1.34. The lowest BCUT2D eigenvalue weighted by Crippen LogP contribution is -2.48. The number of rotatable bonds is 6. The number of ether oxygens (including phenoxy) is 2. The molecular formula is C10H19NO3. The van der Waals surface area contributed by atoms with E-state index in [9.17, 15) is 4.79 Å². The van der Waals surface area contributed by atoms with E-state index < -0.39 is 5.54 Å². The van der Waals surface area contributed by atoms with E-state index in [-0.39, 0.29) is 5.97 Å². The van der Waals surface area contributed by atoms with Gasteiger partial charge in [-0.1, -0.05) is 0 Å². The molecule has 0 heterocycles. The maximum atomic E-state index is 11.5. The second kappa shape index (κ2) is 4.75. The van der Waals surface area contributed by atoms with E-state index in [0.717, 1.165) is 12.8 Å². The molecule has 0 amide bonds. The Morgan fingerprint density at radius 2 is 2.14 bits per heavy atom. The van der Waals surface area contributed by atoms with Gasteiger partial charge in [-0.25, -0.2) is 0 Å². The van der Waals surface area contributed by atoms with Crippen molar-refractivity contribution >= 4 is 5.97 Å². The molecule has 0 aromatic carbocycles. The number of carbonyl (C=O) groups is 1. The van der Waals surface area contributed by atoms with Gasteiger partial charge >= 0.3 is 5.97 Å². The van der Waals surface area contributed by atoms with Crippen molar-refractivity contribution in [2.24, 2.45) is 11.7 Å². The van der Waals surface area contributed by atoms with Crippen molar-refractivity contribution < 1.29 is 14.3 Å². The van der Waals surface area contributed by atoms with Gasteiger partial charge in [0, 0.05) is 6.61 Å². The summed E-state index contributed by atoms with van der Waals surface area (Å²) in [7, 11) is 0. The van der Waals surface area contributed by atoms with E-state index in [1.54, 1.807) is 6.92 Å². The van der Waals surface area contributed by atoms with Gasteiger partial charge in [-0.05, 0) is 32.6 Å². The molecule has 1 rings (SSSR count). The van der Waals surface area contributed by atoms with Crippen molar-refractivity contribution in [2.45, 2.75) is 32.2 Å². The molecule has 1 saturated carbocycles. The summed E-state index contributed by atoms with van der Waals surface area (Å²) < 4.78 is 10.1. The smallest absolute Gasteiger partial charge is 0.326 e. The zero-order valence-electron chi connectivity index (χ0n) is 8.91. The van der Waals surface area contributed by atoms with Crippen molar-refractivity contribution in [3.63, 3.8) is 0 Å². The van der Waals surface area contributed by atoms with Gasteiger partial charge in [-0.2, -0.15) is 0 Å². The molecule has 0 aromatic heterocycles. The van der Waals surface area contributed by atoms with E-state index in [1.807, 2.05) is 6.92 Å². The van der Waals surface area contributed by atoms with Crippen molar-refractivity contribution in [3.8, 4) is 0 Å². The Hall–Kier alpha value is -0.610. The molecule has 1 aliphatic rings. The Kier molecular flexibility index (Phi) is 3.89. The topological polar surface area (TPSA) is 61.5 Å². The van der Waals surface area contributed by atoms with Crippen molar-refractivity contribution in [3.05, 3.63) is 0 Å². The van der Waals surface area contributed by atoms with E-state index in [0.29, 0.717) is 25.7 Å². The fraction of sp³-hybridized carbons (Fsp3) is 0.900. The summed E-state index contributed by atoms with van der Waals surface area (Å²) in [5.74, 6) is 0.00166. The Morgan fingerprint density at radius 3 is 2.64 bits per heavy atom. The van der Waals surface area contributed by atoms with Crippen LogP contribution in [-0.2, 0) is 14.3 Å². The fourth-order valence-corrected chi connectivity index (χ4v) is 1.34. The van der Waals surface area contributed by atoms with Crippen molar-refractivity contribution in [1.29, 1.82) is 0 Å². The Morgan fingerprint density at radius 1 is 1.50 bits per heavy atom. The Bertz CT molecular complexity index is 200. The summed E-state index contributed by atoms with van der Waals surface area (Å²) in [6.45, 7) is 5.03. The first-order valence-electron chi connectivity index (χ1n) is 5.13. The van der Waals surface area contributed by atoms with Gasteiger partial charge in [0.15, 0.2) is 0 Å². The minimum absolute atomic E-state index is 0.298. The summed E-state index contributed by atoms with van der Waals surface area (Å²) in [5.41, 5.74) is 5.07. The predicted octanol–water partition coefficient (Wildman–Crippen LogP) is 0.694. The standard InChI is InChI=1S/C10H19NO3/c1-3-13-6-7-14-9(12)10(2,11)8-4-5-8/h8H,3-7,11H2,1-2H3. The van der Waals surface area contributed by atoms with E-state index in [2.05, 4.69) is 0 Å². The van der Waals surface area contributed by atoms with Crippen molar-refractivity contribution in [2.75, 3.05) is 19.8 Å². The van der Waals surface area contributed by atoms with Gasteiger partial charge in [-0.15, -0.1) is 0 Å². The van der Waals surface area contributed by atoms with Crippen LogP contribution in [0.3, 0.4) is 0 Å². The third-order valence-corrected chi connectivity index (χ3v) is 2.53. The second-order valence-electron chi connectivity index (χ2n) is 3.89. The Labute approximate surface area is 84.7 Å². The molecule has 0 bridgehead atoms. The van der Waals surface area contributed by atoms with Crippen LogP contribution < -0.4 is 5.73 Å². The SMILES string of the molecule is CCOCCOC(=O)C(C)(N)C1CC1. The van der Waals surface area contributed by atoms with Crippen LogP contribution in [0, 0.1) is 5.92 Å². The largest absolute Gasteiger partial charge is 0.462 e. The van der Waals surface area contributed by atoms with Crippen LogP contribution in [-0.4, -0.2) is 31.3 Å². The number of hydrogen-bond donors (Lipinski definition) is 1. The van der Waals surface area contributed by atoms with Crippen LogP contribution in [0.25, 0.3) is 0 Å². The molecule has 1 atom stereocenters. The highest BCUT2D eigenvalue weighted by molar-refractivity contribution is 5.80. The molecular weight excluding hydrogens is 182 g/mol. The summed E-state index contributed by atoms with van der Waals surface area (Å²) in [6, 6.07) is 0. The maximum absolute atomic E-state index is 11.5. The first-order chi connectivity index (χ1) is 6.59. The minimum atomic E-state index is -0.799. The van der Waals surface area contributed by atoms with Crippen molar-refractivity contribution in [1.82, 2.24) is 0 Å². The first-order valence-corrected chi connectivity index (χ1v) is 5.13. The minimum Gasteiger partial charge on any atom is -0.462 e. The molecule has 0 aliphatic heterocycles. The number of esters is 1. The molecule has 1 aliphatic carbocycles. The first kappa shape index (κ1) is 11.5. The molecule has 2 N–H and O–H groups in total. The molecule has 4 nitrogen and oxygen atoms in total. The van der Waals surface area contributed by atoms with Crippen LogP contribution in [0.15, 0.2) is 0 Å². The number of carbonyl (C=O) groups excluding carboxylic acids is 1. The third kappa shape index (κ3) is 2.96. The summed E-state index contributed by atoms with van der Waals surface area (Å²) in [6.07, 6.45) is 2.07. The highest BCUT2D eigenvalue weighted by atomic mass is 16.6. The average Bonchev–Trinajstić information content (AvgIpc) is 2.94. The lowest BCUT2D eigenvalue weighted by molar-refractivity contribution is -0.151. The predicted molar refractivity (Wildman–Crippen MR) is 52.8 cm³/mol. The highest BCUT2D eigenvalue weighted by Crippen LogP contribution is 2.38.